The number of fused-ring (bicyclic) bond motifs is 1. The maximum Gasteiger partial charge on any atom is 0.265 e. The molecule has 3 aromatic rings. The highest BCUT2D eigenvalue weighted by atomic mass is 35.5. The number of amides is 2. The number of hydrogen-bond donors (Lipinski definition) is 1. The number of ether oxygens (including phenoxy) is 1. The van der Waals surface area contributed by atoms with E-state index in [9.17, 15) is 9.59 Å². The van der Waals surface area contributed by atoms with Crippen LogP contribution in [0.3, 0.4) is 0 Å². The molecule has 2 aromatic carbocycles. The first kappa shape index (κ1) is 19.2. The van der Waals surface area contributed by atoms with Crippen molar-refractivity contribution in [2.24, 2.45) is 0 Å². The van der Waals surface area contributed by atoms with Gasteiger partial charge in [0.05, 0.1) is 12.1 Å². The molecule has 3 rings (SSSR count). The number of benzene rings is 2. The van der Waals surface area contributed by atoms with Crippen molar-refractivity contribution in [2.45, 2.75) is 6.92 Å². The first-order valence-electron chi connectivity index (χ1n) is 8.43. The van der Waals surface area contributed by atoms with Crippen molar-refractivity contribution >= 4 is 50.5 Å². The lowest BCUT2D eigenvalue weighted by atomic mass is 10.2. The summed E-state index contributed by atoms with van der Waals surface area (Å²) in [6, 6.07) is 14.7. The molecule has 0 fully saturated rings. The molecule has 0 aliphatic rings. The van der Waals surface area contributed by atoms with Crippen molar-refractivity contribution in [1.29, 1.82) is 0 Å². The van der Waals surface area contributed by atoms with Gasteiger partial charge in [0.15, 0.2) is 0 Å². The summed E-state index contributed by atoms with van der Waals surface area (Å²) in [5, 5.41) is 4.08. The first-order chi connectivity index (χ1) is 13.0. The lowest BCUT2D eigenvalue weighted by Crippen LogP contribution is -2.37. The summed E-state index contributed by atoms with van der Waals surface area (Å²) in [6.45, 7) is 2.17. The maximum absolute atomic E-state index is 12.9. The van der Waals surface area contributed by atoms with Crippen molar-refractivity contribution in [3.05, 3.63) is 58.4 Å². The quantitative estimate of drug-likeness (QED) is 0.652. The second kappa shape index (κ2) is 8.41. The second-order valence-electron chi connectivity index (χ2n) is 5.84. The van der Waals surface area contributed by atoms with Gasteiger partial charge in [-0.25, -0.2) is 0 Å². The second-order valence-corrected chi connectivity index (χ2v) is 7.27. The molecule has 1 heterocycles. The van der Waals surface area contributed by atoms with E-state index in [2.05, 4.69) is 5.32 Å². The SMILES string of the molecule is CCN(CC(=O)Nc1cccc(OC)c1)C(=O)c1sc2ccccc2c1Cl. The van der Waals surface area contributed by atoms with Gasteiger partial charge in [0.1, 0.15) is 17.2 Å². The predicted octanol–water partition coefficient (Wildman–Crippen LogP) is 4.66. The lowest BCUT2D eigenvalue weighted by Gasteiger charge is -2.20. The number of thiophene rings is 1. The molecule has 0 spiro atoms. The Bertz CT molecular complexity index is 986. The van der Waals surface area contributed by atoms with E-state index in [1.54, 1.807) is 31.4 Å². The molecule has 140 valence electrons. The van der Waals surface area contributed by atoms with Crippen molar-refractivity contribution < 1.29 is 14.3 Å². The fourth-order valence-corrected chi connectivity index (χ4v) is 4.18. The maximum atomic E-state index is 12.9. The molecule has 2 amide bonds. The molecule has 5 nitrogen and oxygen atoms in total. The number of methoxy groups -OCH3 is 1. The van der Waals surface area contributed by atoms with Crippen molar-refractivity contribution in [3.8, 4) is 5.75 Å². The van der Waals surface area contributed by atoms with Crippen molar-refractivity contribution in [3.63, 3.8) is 0 Å². The van der Waals surface area contributed by atoms with E-state index < -0.39 is 0 Å². The number of anilines is 1. The Morgan fingerprint density at radius 1 is 1.19 bits per heavy atom. The molecule has 0 saturated heterocycles. The molecule has 0 radical (unpaired) electrons. The van der Waals surface area contributed by atoms with Gasteiger partial charge in [0.2, 0.25) is 5.91 Å². The van der Waals surface area contributed by atoms with Crippen LogP contribution >= 0.6 is 22.9 Å². The summed E-state index contributed by atoms with van der Waals surface area (Å²) in [5.74, 6) is 0.119. The highest BCUT2D eigenvalue weighted by molar-refractivity contribution is 7.21. The van der Waals surface area contributed by atoms with Crippen LogP contribution in [-0.2, 0) is 4.79 Å². The van der Waals surface area contributed by atoms with Gasteiger partial charge < -0.3 is 15.0 Å². The number of rotatable bonds is 6. The number of nitrogens with one attached hydrogen (secondary N) is 1. The molecule has 0 unspecified atom stereocenters. The zero-order valence-corrected chi connectivity index (χ0v) is 16.6. The summed E-state index contributed by atoms with van der Waals surface area (Å²) in [6.07, 6.45) is 0. The minimum Gasteiger partial charge on any atom is -0.497 e. The average Bonchev–Trinajstić information content (AvgIpc) is 3.02. The third-order valence-corrected chi connectivity index (χ3v) is 5.75. The van der Waals surface area contributed by atoms with Crippen LogP contribution in [0.15, 0.2) is 48.5 Å². The van der Waals surface area contributed by atoms with Crippen LogP contribution in [0.1, 0.15) is 16.6 Å². The molecule has 7 heteroatoms. The average molecular weight is 403 g/mol. The third kappa shape index (κ3) is 4.23. The Morgan fingerprint density at radius 3 is 2.67 bits per heavy atom. The van der Waals surface area contributed by atoms with E-state index in [1.165, 1.54) is 16.2 Å². The summed E-state index contributed by atoms with van der Waals surface area (Å²) in [5.41, 5.74) is 0.614. The van der Waals surface area contributed by atoms with Gasteiger partial charge in [0, 0.05) is 28.4 Å². The number of carbonyl (C=O) groups excluding carboxylic acids is 2. The Balaban J connectivity index is 1.74. The number of hydrogen-bond acceptors (Lipinski definition) is 4. The third-order valence-electron chi connectivity index (χ3n) is 4.09. The van der Waals surface area contributed by atoms with Gasteiger partial charge in [-0.3, -0.25) is 9.59 Å². The van der Waals surface area contributed by atoms with Gasteiger partial charge >= 0.3 is 0 Å². The van der Waals surface area contributed by atoms with Gasteiger partial charge in [-0.2, -0.15) is 0 Å². The molecule has 1 N–H and O–H groups in total. The van der Waals surface area contributed by atoms with Crippen LogP contribution in [0.2, 0.25) is 5.02 Å². The van der Waals surface area contributed by atoms with Crippen molar-refractivity contribution in [1.82, 2.24) is 4.90 Å². The Labute approximate surface area is 166 Å². The molecule has 0 bridgehead atoms. The minimum absolute atomic E-state index is 0.0584. The number of halogens is 1. The molecule has 1 aromatic heterocycles. The van der Waals surface area contributed by atoms with Crippen LogP contribution in [0.25, 0.3) is 10.1 Å². The van der Waals surface area contributed by atoms with Crippen LogP contribution in [-0.4, -0.2) is 36.9 Å². The zero-order chi connectivity index (χ0) is 19.4. The largest absolute Gasteiger partial charge is 0.497 e. The van der Waals surface area contributed by atoms with Gasteiger partial charge in [-0.15, -0.1) is 11.3 Å². The fourth-order valence-electron chi connectivity index (χ4n) is 2.70. The van der Waals surface area contributed by atoms with E-state index in [0.29, 0.717) is 27.9 Å². The van der Waals surface area contributed by atoms with E-state index >= 15 is 0 Å². The standard InChI is InChI=1S/C20H19ClN2O3S/c1-3-23(12-17(24)22-13-7-6-8-14(11-13)26-2)20(25)19-18(21)15-9-4-5-10-16(15)27-19/h4-11H,3,12H2,1-2H3,(H,22,24). The van der Waals surface area contributed by atoms with Gasteiger partial charge in [-0.1, -0.05) is 35.9 Å². The molecular formula is C20H19ClN2O3S. The lowest BCUT2D eigenvalue weighted by molar-refractivity contribution is -0.116. The minimum atomic E-state index is -0.282. The summed E-state index contributed by atoms with van der Waals surface area (Å²) < 4.78 is 6.09. The normalized spacial score (nSPS) is 10.6. The molecule has 27 heavy (non-hydrogen) atoms. The molecule has 0 aliphatic heterocycles. The van der Waals surface area contributed by atoms with Crippen molar-refractivity contribution in [2.75, 3.05) is 25.5 Å². The zero-order valence-electron chi connectivity index (χ0n) is 15.0. The van der Waals surface area contributed by atoms with Crippen LogP contribution in [0.4, 0.5) is 5.69 Å². The fraction of sp³-hybridized carbons (Fsp3) is 0.200. The Kier molecular flexibility index (Phi) is 5.98. The van der Waals surface area contributed by atoms with E-state index in [4.69, 9.17) is 16.3 Å². The predicted molar refractivity (Wildman–Crippen MR) is 110 cm³/mol. The summed E-state index contributed by atoms with van der Waals surface area (Å²) >= 11 is 7.74. The number of carbonyl (C=O) groups is 2. The van der Waals surface area contributed by atoms with Crippen LogP contribution in [0.5, 0.6) is 5.75 Å². The van der Waals surface area contributed by atoms with Crippen LogP contribution in [0, 0.1) is 0 Å². The van der Waals surface area contributed by atoms with E-state index in [-0.39, 0.29) is 18.4 Å². The molecular weight excluding hydrogens is 384 g/mol. The van der Waals surface area contributed by atoms with E-state index in [0.717, 1.165) is 10.1 Å². The van der Waals surface area contributed by atoms with Gasteiger partial charge in [0.25, 0.3) is 5.91 Å². The molecule has 0 atom stereocenters. The molecule has 0 saturated carbocycles. The monoisotopic (exact) mass is 402 g/mol. The highest BCUT2D eigenvalue weighted by Crippen LogP contribution is 2.35. The summed E-state index contributed by atoms with van der Waals surface area (Å²) in [4.78, 5) is 27.2. The van der Waals surface area contributed by atoms with Crippen LogP contribution < -0.4 is 10.1 Å². The number of nitrogens with zero attached hydrogens (tertiary/aromatic N) is 1. The first-order valence-corrected chi connectivity index (χ1v) is 9.63. The van der Waals surface area contributed by atoms with E-state index in [1.807, 2.05) is 31.2 Å². The highest BCUT2D eigenvalue weighted by Gasteiger charge is 2.23. The topological polar surface area (TPSA) is 58.6 Å². The smallest absolute Gasteiger partial charge is 0.265 e. The Morgan fingerprint density at radius 2 is 1.96 bits per heavy atom. The molecule has 0 aliphatic carbocycles. The number of likely N-dealkylation sites (N-methyl/N-ethyl adjacent to an activating group) is 1. The summed E-state index contributed by atoms with van der Waals surface area (Å²) in [7, 11) is 1.56. The van der Waals surface area contributed by atoms with Gasteiger partial charge in [-0.05, 0) is 25.1 Å². The Hall–Kier alpha value is -2.57.